The maximum Gasteiger partial charge on any atom is 0.163 e. The van der Waals surface area contributed by atoms with Crippen LogP contribution in [-0.4, -0.2) is 49.5 Å². The summed E-state index contributed by atoms with van der Waals surface area (Å²) in [5.41, 5.74) is 0.942. The normalized spacial score (nSPS) is 18.4. The standard InChI is InChI=1S/C17H26N2O2/c1-14(20)15-6-4-5-7-16(15)21-13-12-19-10-8-17(2,18-3)9-11-19/h4-7,18H,8-13H2,1-3H3. The number of Topliss-reactive ketones (excluding diaryl/α,β-unsaturated/α-hetero) is 1. The molecule has 0 aromatic heterocycles. The lowest BCUT2D eigenvalue weighted by Crippen LogP contribution is -2.50. The summed E-state index contributed by atoms with van der Waals surface area (Å²) in [6.07, 6.45) is 2.32. The third-order valence-corrected chi connectivity index (χ3v) is 4.49. The molecule has 1 fully saturated rings. The van der Waals surface area contributed by atoms with Crippen LogP contribution in [0, 0.1) is 0 Å². The first-order valence-electron chi connectivity index (χ1n) is 7.68. The Morgan fingerprint density at radius 2 is 2.00 bits per heavy atom. The first-order chi connectivity index (χ1) is 10.0. The summed E-state index contributed by atoms with van der Waals surface area (Å²) in [5.74, 6) is 0.746. The van der Waals surface area contributed by atoms with E-state index < -0.39 is 0 Å². The molecule has 4 heteroatoms. The van der Waals surface area contributed by atoms with Crippen molar-refractivity contribution >= 4 is 5.78 Å². The molecule has 1 heterocycles. The van der Waals surface area contributed by atoms with Crippen molar-refractivity contribution in [3.05, 3.63) is 29.8 Å². The number of ether oxygens (including phenoxy) is 1. The maximum absolute atomic E-state index is 11.5. The van der Waals surface area contributed by atoms with E-state index in [1.54, 1.807) is 6.92 Å². The van der Waals surface area contributed by atoms with Crippen molar-refractivity contribution in [1.29, 1.82) is 0 Å². The third kappa shape index (κ3) is 4.29. The number of benzene rings is 1. The van der Waals surface area contributed by atoms with Crippen LogP contribution in [0.25, 0.3) is 0 Å². The molecule has 1 aromatic carbocycles. The molecule has 0 saturated carbocycles. The number of carbonyl (C=O) groups is 1. The van der Waals surface area contributed by atoms with E-state index in [0.717, 1.165) is 32.5 Å². The Morgan fingerprint density at radius 1 is 1.33 bits per heavy atom. The molecule has 0 unspecified atom stereocenters. The lowest BCUT2D eigenvalue weighted by molar-refractivity contribution is 0.101. The van der Waals surface area contributed by atoms with E-state index in [1.807, 2.05) is 31.3 Å². The number of para-hydroxylation sites is 1. The highest BCUT2D eigenvalue weighted by Crippen LogP contribution is 2.21. The summed E-state index contributed by atoms with van der Waals surface area (Å²) in [5, 5.41) is 3.41. The lowest BCUT2D eigenvalue weighted by atomic mass is 9.90. The van der Waals surface area contributed by atoms with E-state index >= 15 is 0 Å². The van der Waals surface area contributed by atoms with Crippen molar-refractivity contribution in [3.8, 4) is 5.75 Å². The van der Waals surface area contributed by atoms with Gasteiger partial charge in [-0.15, -0.1) is 0 Å². The van der Waals surface area contributed by atoms with Crippen molar-refractivity contribution in [1.82, 2.24) is 10.2 Å². The molecular weight excluding hydrogens is 264 g/mol. The number of likely N-dealkylation sites (tertiary alicyclic amines) is 1. The second kappa shape index (κ2) is 7.05. The van der Waals surface area contributed by atoms with Crippen molar-refractivity contribution in [2.75, 3.05) is 33.3 Å². The monoisotopic (exact) mass is 290 g/mol. The molecule has 1 saturated heterocycles. The van der Waals surface area contributed by atoms with Crippen molar-refractivity contribution < 1.29 is 9.53 Å². The van der Waals surface area contributed by atoms with Crippen molar-refractivity contribution in [3.63, 3.8) is 0 Å². The molecule has 0 spiro atoms. The fourth-order valence-corrected chi connectivity index (χ4v) is 2.69. The summed E-state index contributed by atoms with van der Waals surface area (Å²) < 4.78 is 5.80. The second-order valence-electron chi connectivity index (χ2n) is 6.05. The number of carbonyl (C=O) groups excluding carboxylic acids is 1. The van der Waals surface area contributed by atoms with Gasteiger partial charge in [0.2, 0.25) is 0 Å². The average molecular weight is 290 g/mol. The molecule has 116 valence electrons. The van der Waals surface area contributed by atoms with E-state index in [1.165, 1.54) is 0 Å². The predicted octanol–water partition coefficient (Wildman–Crippen LogP) is 2.34. The van der Waals surface area contributed by atoms with Gasteiger partial charge in [0, 0.05) is 25.2 Å². The van der Waals surface area contributed by atoms with Crippen LogP contribution < -0.4 is 10.1 Å². The number of piperidine rings is 1. The Kier molecular flexibility index (Phi) is 5.37. The minimum Gasteiger partial charge on any atom is -0.491 e. The van der Waals surface area contributed by atoms with Gasteiger partial charge < -0.3 is 10.1 Å². The largest absolute Gasteiger partial charge is 0.491 e. The fraction of sp³-hybridized carbons (Fsp3) is 0.588. The molecule has 1 aliphatic rings. The number of hydrogen-bond donors (Lipinski definition) is 1. The Morgan fingerprint density at radius 3 is 2.62 bits per heavy atom. The molecular formula is C17H26N2O2. The van der Waals surface area contributed by atoms with Crippen LogP contribution in [0.15, 0.2) is 24.3 Å². The Bertz CT molecular complexity index is 479. The van der Waals surface area contributed by atoms with Crippen LogP contribution in [0.4, 0.5) is 0 Å². The first-order valence-corrected chi connectivity index (χ1v) is 7.68. The van der Waals surface area contributed by atoms with E-state index in [9.17, 15) is 4.79 Å². The van der Waals surface area contributed by atoms with Crippen molar-refractivity contribution in [2.24, 2.45) is 0 Å². The van der Waals surface area contributed by atoms with Crippen LogP contribution >= 0.6 is 0 Å². The number of hydrogen-bond acceptors (Lipinski definition) is 4. The maximum atomic E-state index is 11.5. The van der Waals surface area contributed by atoms with Crippen molar-refractivity contribution in [2.45, 2.75) is 32.2 Å². The number of rotatable bonds is 6. The van der Waals surface area contributed by atoms with Crippen LogP contribution in [-0.2, 0) is 0 Å². The van der Waals surface area contributed by atoms with E-state index in [2.05, 4.69) is 17.1 Å². The molecule has 1 aromatic rings. The Balaban J connectivity index is 1.79. The third-order valence-electron chi connectivity index (χ3n) is 4.49. The van der Waals surface area contributed by atoms with Crippen LogP contribution in [0.5, 0.6) is 5.75 Å². The van der Waals surface area contributed by atoms with E-state index in [0.29, 0.717) is 17.9 Å². The van der Waals surface area contributed by atoms with Gasteiger partial charge >= 0.3 is 0 Å². The highest BCUT2D eigenvalue weighted by atomic mass is 16.5. The average Bonchev–Trinajstić information content (AvgIpc) is 2.50. The van der Waals surface area contributed by atoms with Gasteiger partial charge in [-0.2, -0.15) is 0 Å². The number of ketones is 1. The van der Waals surface area contributed by atoms with Crippen LogP contribution in [0.2, 0.25) is 0 Å². The summed E-state index contributed by atoms with van der Waals surface area (Å²) in [6.45, 7) is 7.58. The summed E-state index contributed by atoms with van der Waals surface area (Å²) >= 11 is 0. The SMILES string of the molecule is CNC1(C)CCN(CCOc2ccccc2C(C)=O)CC1. The first kappa shape index (κ1) is 16.0. The number of nitrogens with one attached hydrogen (secondary N) is 1. The minimum absolute atomic E-state index is 0.0494. The molecule has 4 nitrogen and oxygen atoms in total. The lowest BCUT2D eigenvalue weighted by Gasteiger charge is -2.39. The summed E-state index contributed by atoms with van der Waals surface area (Å²) in [4.78, 5) is 14.0. The second-order valence-corrected chi connectivity index (χ2v) is 6.05. The van der Waals surface area contributed by atoms with Gasteiger partial charge in [-0.3, -0.25) is 9.69 Å². The topological polar surface area (TPSA) is 41.6 Å². The molecule has 21 heavy (non-hydrogen) atoms. The van der Waals surface area contributed by atoms with Gasteiger partial charge in [0.15, 0.2) is 5.78 Å². The Hall–Kier alpha value is -1.39. The summed E-state index contributed by atoms with van der Waals surface area (Å²) in [6, 6.07) is 7.45. The van der Waals surface area contributed by atoms with Gasteiger partial charge in [0.05, 0.1) is 5.56 Å². The zero-order chi connectivity index (χ0) is 15.3. The molecule has 0 aliphatic carbocycles. The van der Waals surface area contributed by atoms with E-state index in [4.69, 9.17) is 4.74 Å². The molecule has 0 amide bonds. The molecule has 0 bridgehead atoms. The zero-order valence-corrected chi connectivity index (χ0v) is 13.3. The highest BCUT2D eigenvalue weighted by molar-refractivity contribution is 5.96. The highest BCUT2D eigenvalue weighted by Gasteiger charge is 2.27. The molecule has 0 atom stereocenters. The number of nitrogens with zero attached hydrogens (tertiary/aromatic N) is 1. The molecule has 1 aliphatic heterocycles. The van der Waals surface area contributed by atoms with Gasteiger partial charge in [0.25, 0.3) is 0 Å². The predicted molar refractivity (Wildman–Crippen MR) is 85.1 cm³/mol. The van der Waals surface area contributed by atoms with E-state index in [-0.39, 0.29) is 11.3 Å². The van der Waals surface area contributed by atoms with Crippen LogP contribution in [0.1, 0.15) is 37.0 Å². The molecule has 2 rings (SSSR count). The van der Waals surface area contributed by atoms with Gasteiger partial charge in [-0.25, -0.2) is 0 Å². The zero-order valence-electron chi connectivity index (χ0n) is 13.3. The minimum atomic E-state index is 0.0494. The van der Waals surface area contributed by atoms with Gasteiger partial charge in [-0.05, 0) is 45.9 Å². The summed E-state index contributed by atoms with van der Waals surface area (Å²) in [7, 11) is 2.04. The molecule has 1 N–H and O–H groups in total. The van der Waals surface area contributed by atoms with Gasteiger partial charge in [-0.1, -0.05) is 12.1 Å². The van der Waals surface area contributed by atoms with Gasteiger partial charge in [0.1, 0.15) is 12.4 Å². The van der Waals surface area contributed by atoms with Crippen LogP contribution in [0.3, 0.4) is 0 Å². The Labute approximate surface area is 127 Å². The fourth-order valence-electron chi connectivity index (χ4n) is 2.69. The molecule has 0 radical (unpaired) electrons. The quantitative estimate of drug-likeness (QED) is 0.817. The smallest absolute Gasteiger partial charge is 0.163 e.